The van der Waals surface area contributed by atoms with Crippen LogP contribution < -0.4 is 5.32 Å². The minimum atomic E-state index is 0.510. The number of nitrogens with zero attached hydrogens (tertiary/aromatic N) is 1. The van der Waals surface area contributed by atoms with Gasteiger partial charge in [0.25, 0.3) is 0 Å². The SMILES string of the molecule is COCC(C)CNCc1ncc(C)o1. The fraction of sp³-hybridized carbons (Fsp3) is 0.700. The molecule has 1 N–H and O–H groups in total. The molecule has 0 amide bonds. The van der Waals surface area contributed by atoms with Crippen LogP contribution in [0.2, 0.25) is 0 Å². The van der Waals surface area contributed by atoms with E-state index in [0.29, 0.717) is 12.5 Å². The van der Waals surface area contributed by atoms with Gasteiger partial charge in [-0.2, -0.15) is 0 Å². The molecule has 1 rings (SSSR count). The topological polar surface area (TPSA) is 47.3 Å². The molecule has 0 aromatic carbocycles. The lowest BCUT2D eigenvalue weighted by Gasteiger charge is -2.09. The Morgan fingerprint density at radius 2 is 2.43 bits per heavy atom. The van der Waals surface area contributed by atoms with Crippen molar-refractivity contribution in [1.82, 2.24) is 10.3 Å². The van der Waals surface area contributed by atoms with Crippen molar-refractivity contribution in [2.45, 2.75) is 20.4 Å². The standard InChI is InChI=1S/C10H18N2O2/c1-8(7-13-3)4-11-6-10-12-5-9(2)14-10/h5,8,11H,4,6-7H2,1-3H3. The van der Waals surface area contributed by atoms with E-state index in [2.05, 4.69) is 17.2 Å². The molecule has 14 heavy (non-hydrogen) atoms. The second-order valence-corrected chi connectivity index (χ2v) is 3.56. The van der Waals surface area contributed by atoms with Crippen LogP contribution in [0.3, 0.4) is 0 Å². The summed E-state index contributed by atoms with van der Waals surface area (Å²) in [7, 11) is 1.72. The predicted molar refractivity (Wildman–Crippen MR) is 54.0 cm³/mol. The first kappa shape index (κ1) is 11.2. The van der Waals surface area contributed by atoms with Crippen LogP contribution >= 0.6 is 0 Å². The van der Waals surface area contributed by atoms with Gasteiger partial charge in [-0.1, -0.05) is 6.92 Å². The van der Waals surface area contributed by atoms with Crippen LogP contribution in [-0.4, -0.2) is 25.2 Å². The number of rotatable bonds is 6. The fourth-order valence-corrected chi connectivity index (χ4v) is 1.25. The van der Waals surface area contributed by atoms with Crippen LogP contribution in [0.25, 0.3) is 0 Å². The lowest BCUT2D eigenvalue weighted by Crippen LogP contribution is -2.23. The minimum Gasteiger partial charge on any atom is -0.445 e. The van der Waals surface area contributed by atoms with E-state index in [4.69, 9.17) is 9.15 Å². The summed E-state index contributed by atoms with van der Waals surface area (Å²) in [6, 6.07) is 0. The Kier molecular flexibility index (Phi) is 4.62. The summed E-state index contributed by atoms with van der Waals surface area (Å²) in [5, 5.41) is 3.26. The Balaban J connectivity index is 2.15. The van der Waals surface area contributed by atoms with Gasteiger partial charge in [-0.3, -0.25) is 0 Å². The Labute approximate surface area is 84.7 Å². The molecule has 0 spiro atoms. The molecule has 0 radical (unpaired) electrons. The van der Waals surface area contributed by atoms with Gasteiger partial charge in [0.1, 0.15) is 5.76 Å². The molecule has 0 fully saturated rings. The molecule has 0 saturated carbocycles. The summed E-state index contributed by atoms with van der Waals surface area (Å²) in [6.07, 6.45) is 1.73. The first-order valence-corrected chi connectivity index (χ1v) is 4.83. The summed E-state index contributed by atoms with van der Waals surface area (Å²) in [5.41, 5.74) is 0. The van der Waals surface area contributed by atoms with Gasteiger partial charge in [-0.05, 0) is 12.8 Å². The van der Waals surface area contributed by atoms with Crippen LogP contribution in [0.4, 0.5) is 0 Å². The summed E-state index contributed by atoms with van der Waals surface area (Å²) >= 11 is 0. The van der Waals surface area contributed by atoms with Gasteiger partial charge in [0.15, 0.2) is 0 Å². The van der Waals surface area contributed by atoms with Gasteiger partial charge in [0.2, 0.25) is 5.89 Å². The maximum atomic E-state index is 5.32. The summed E-state index contributed by atoms with van der Waals surface area (Å²) in [4.78, 5) is 4.10. The van der Waals surface area contributed by atoms with Crippen molar-refractivity contribution in [3.63, 3.8) is 0 Å². The molecule has 0 aliphatic carbocycles. The van der Waals surface area contributed by atoms with Gasteiger partial charge >= 0.3 is 0 Å². The highest BCUT2D eigenvalue weighted by molar-refractivity contribution is 4.90. The summed E-state index contributed by atoms with van der Waals surface area (Å²) < 4.78 is 10.4. The fourth-order valence-electron chi connectivity index (χ4n) is 1.25. The summed E-state index contributed by atoms with van der Waals surface area (Å²) in [5.74, 6) is 2.11. The van der Waals surface area contributed by atoms with E-state index in [1.807, 2.05) is 6.92 Å². The highest BCUT2D eigenvalue weighted by atomic mass is 16.5. The smallest absolute Gasteiger partial charge is 0.208 e. The van der Waals surface area contributed by atoms with Gasteiger partial charge in [0.05, 0.1) is 12.7 Å². The van der Waals surface area contributed by atoms with Crippen molar-refractivity contribution in [1.29, 1.82) is 0 Å². The number of hydrogen-bond acceptors (Lipinski definition) is 4. The zero-order chi connectivity index (χ0) is 10.4. The number of aromatic nitrogens is 1. The van der Waals surface area contributed by atoms with Crippen molar-refractivity contribution < 1.29 is 9.15 Å². The summed E-state index contributed by atoms with van der Waals surface area (Å²) in [6.45, 7) is 6.40. The molecule has 1 atom stereocenters. The molecule has 0 aliphatic heterocycles. The number of aryl methyl sites for hydroxylation is 1. The minimum absolute atomic E-state index is 0.510. The van der Waals surface area contributed by atoms with E-state index >= 15 is 0 Å². The van der Waals surface area contributed by atoms with Crippen LogP contribution in [0.5, 0.6) is 0 Å². The first-order chi connectivity index (χ1) is 6.72. The van der Waals surface area contributed by atoms with Gasteiger partial charge in [-0.25, -0.2) is 4.98 Å². The molecule has 4 nitrogen and oxygen atoms in total. The number of hydrogen-bond donors (Lipinski definition) is 1. The van der Waals surface area contributed by atoms with Gasteiger partial charge < -0.3 is 14.5 Å². The lowest BCUT2D eigenvalue weighted by atomic mass is 10.2. The van der Waals surface area contributed by atoms with E-state index in [1.54, 1.807) is 13.3 Å². The number of methoxy groups -OCH3 is 1. The largest absolute Gasteiger partial charge is 0.445 e. The second-order valence-electron chi connectivity index (χ2n) is 3.56. The molecule has 1 unspecified atom stereocenters. The zero-order valence-electron chi connectivity index (χ0n) is 9.04. The van der Waals surface area contributed by atoms with Crippen molar-refractivity contribution in [2.24, 2.45) is 5.92 Å². The van der Waals surface area contributed by atoms with E-state index in [0.717, 1.165) is 24.8 Å². The molecule has 0 bridgehead atoms. The van der Waals surface area contributed by atoms with Gasteiger partial charge in [0, 0.05) is 20.3 Å². The highest BCUT2D eigenvalue weighted by Gasteiger charge is 2.03. The van der Waals surface area contributed by atoms with Crippen molar-refractivity contribution >= 4 is 0 Å². The average molecular weight is 198 g/mol. The third-order valence-electron chi connectivity index (χ3n) is 1.89. The van der Waals surface area contributed by atoms with Crippen LogP contribution in [0, 0.1) is 12.8 Å². The Bertz CT molecular complexity index is 260. The molecular formula is C10H18N2O2. The molecule has 0 saturated heterocycles. The van der Waals surface area contributed by atoms with Gasteiger partial charge in [-0.15, -0.1) is 0 Å². The number of nitrogens with one attached hydrogen (secondary N) is 1. The number of oxazole rings is 1. The van der Waals surface area contributed by atoms with E-state index in [-0.39, 0.29) is 0 Å². The van der Waals surface area contributed by atoms with Crippen molar-refractivity contribution in [2.75, 3.05) is 20.3 Å². The normalized spacial score (nSPS) is 13.1. The zero-order valence-corrected chi connectivity index (χ0v) is 9.04. The molecule has 4 heteroatoms. The second kappa shape index (κ2) is 5.78. The monoisotopic (exact) mass is 198 g/mol. The van der Waals surface area contributed by atoms with Crippen molar-refractivity contribution in [3.05, 3.63) is 17.8 Å². The molecule has 1 heterocycles. The van der Waals surface area contributed by atoms with E-state index in [1.165, 1.54) is 0 Å². The van der Waals surface area contributed by atoms with Crippen LogP contribution in [0.15, 0.2) is 10.6 Å². The maximum Gasteiger partial charge on any atom is 0.208 e. The maximum absolute atomic E-state index is 5.32. The lowest BCUT2D eigenvalue weighted by molar-refractivity contribution is 0.158. The van der Waals surface area contributed by atoms with E-state index in [9.17, 15) is 0 Å². The van der Waals surface area contributed by atoms with Crippen LogP contribution in [0.1, 0.15) is 18.6 Å². The molecule has 80 valence electrons. The molecule has 0 aliphatic rings. The molecule has 1 aromatic rings. The quantitative estimate of drug-likeness (QED) is 0.749. The average Bonchev–Trinajstić information content (AvgIpc) is 2.52. The Hall–Kier alpha value is -0.870. The number of ether oxygens (including phenoxy) is 1. The molecule has 1 aromatic heterocycles. The molecular weight excluding hydrogens is 180 g/mol. The van der Waals surface area contributed by atoms with E-state index < -0.39 is 0 Å². The highest BCUT2D eigenvalue weighted by Crippen LogP contribution is 2.01. The Morgan fingerprint density at radius 3 is 3.00 bits per heavy atom. The van der Waals surface area contributed by atoms with Crippen molar-refractivity contribution in [3.8, 4) is 0 Å². The predicted octanol–water partition coefficient (Wildman–Crippen LogP) is 1.36. The third-order valence-corrected chi connectivity index (χ3v) is 1.89. The Morgan fingerprint density at radius 1 is 1.64 bits per heavy atom. The van der Waals surface area contributed by atoms with Crippen LogP contribution in [-0.2, 0) is 11.3 Å². The third kappa shape index (κ3) is 3.89. The first-order valence-electron chi connectivity index (χ1n) is 4.83.